The van der Waals surface area contributed by atoms with Gasteiger partial charge >= 0.3 is 0 Å². The Bertz CT molecular complexity index is 2220. The lowest BCUT2D eigenvalue weighted by molar-refractivity contribution is -0.144. The zero-order valence-corrected chi connectivity index (χ0v) is 34.3. The number of nitrogens with two attached hydrogens (primary N) is 1. The number of unbranched alkanes of at least 4 members (excludes halogenated alkanes) is 1. The second-order valence-corrected chi connectivity index (χ2v) is 16.6. The minimum Gasteiger partial charge on any atom is -0.507 e. The van der Waals surface area contributed by atoms with Crippen molar-refractivity contribution >= 4 is 34.9 Å². The summed E-state index contributed by atoms with van der Waals surface area (Å²) in [6.45, 7) is 9.82. The van der Waals surface area contributed by atoms with E-state index in [9.17, 15) is 24.6 Å². The van der Waals surface area contributed by atoms with Crippen molar-refractivity contribution < 1.29 is 29.3 Å². The van der Waals surface area contributed by atoms with E-state index in [4.69, 9.17) is 10.5 Å². The second-order valence-electron chi connectivity index (χ2n) is 15.8. The number of carbonyl (C=O) groups excluding carboxylic acids is 3. The standard InChI is InChI=1S/C44H51N7O6S/c1-26(28-13-15-30(16-14-28)39-27(2)46-25-58-39)47-42(55)36-22-31(52)24-51(36)43(56)40(44(3,4)5)48-38(54)12-8-9-21-57-32-19-17-29(18-20-32)34-23-35(49-50-41(34)45)33-10-6-7-11-37(33)53/h6-7,10-11,13-20,23,25-26,31,36,40,52-53H,8-9,12,21-22,24H2,1-5H3,(H2,45,50)(H,47,55)(H,48,54)/t26?,31-,36+,40?/m1/s1. The van der Waals surface area contributed by atoms with Gasteiger partial charge in [0.25, 0.3) is 0 Å². The molecule has 1 aliphatic rings. The lowest BCUT2D eigenvalue weighted by atomic mass is 9.85. The Morgan fingerprint density at radius 3 is 2.34 bits per heavy atom. The predicted octanol–water partition coefficient (Wildman–Crippen LogP) is 6.45. The van der Waals surface area contributed by atoms with Gasteiger partial charge in [-0.05, 0) is 79.1 Å². The van der Waals surface area contributed by atoms with Crippen molar-refractivity contribution in [3.8, 4) is 44.3 Å². The number of aliphatic hydroxyl groups is 1. The van der Waals surface area contributed by atoms with E-state index in [0.29, 0.717) is 42.0 Å². The molecule has 3 amide bonds. The van der Waals surface area contributed by atoms with Crippen LogP contribution in [-0.4, -0.2) is 79.4 Å². The monoisotopic (exact) mass is 805 g/mol. The van der Waals surface area contributed by atoms with Crippen LogP contribution >= 0.6 is 11.3 Å². The third kappa shape index (κ3) is 9.98. The number of thiazole rings is 1. The summed E-state index contributed by atoms with van der Waals surface area (Å²) in [4.78, 5) is 47.7. The fourth-order valence-electron chi connectivity index (χ4n) is 7.01. The van der Waals surface area contributed by atoms with Crippen LogP contribution in [0.3, 0.4) is 0 Å². The highest BCUT2D eigenvalue weighted by atomic mass is 32.1. The molecule has 2 aromatic heterocycles. The molecule has 1 fully saturated rings. The summed E-state index contributed by atoms with van der Waals surface area (Å²) in [5, 5.41) is 35.1. The van der Waals surface area contributed by atoms with Gasteiger partial charge < -0.3 is 36.2 Å². The van der Waals surface area contributed by atoms with E-state index in [-0.39, 0.29) is 48.8 Å². The number of hydrogen-bond donors (Lipinski definition) is 5. The summed E-state index contributed by atoms with van der Waals surface area (Å²) in [5.41, 5.74) is 12.8. The van der Waals surface area contributed by atoms with Crippen LogP contribution in [0.1, 0.15) is 70.7 Å². The topological polar surface area (TPSA) is 193 Å². The zero-order valence-electron chi connectivity index (χ0n) is 33.4. The van der Waals surface area contributed by atoms with Crippen molar-refractivity contribution in [2.75, 3.05) is 18.9 Å². The van der Waals surface area contributed by atoms with Gasteiger partial charge in [0.1, 0.15) is 23.6 Å². The average molecular weight is 806 g/mol. The molecule has 304 valence electrons. The van der Waals surface area contributed by atoms with E-state index in [1.165, 1.54) is 4.90 Å². The van der Waals surface area contributed by atoms with E-state index >= 15 is 0 Å². The quantitative estimate of drug-likeness (QED) is 0.0780. The van der Waals surface area contributed by atoms with Crippen LogP contribution in [0.4, 0.5) is 5.82 Å². The normalized spacial score (nSPS) is 16.4. The largest absolute Gasteiger partial charge is 0.507 e. The van der Waals surface area contributed by atoms with Crippen molar-refractivity contribution in [3.05, 3.63) is 95.6 Å². The number of aromatic nitrogens is 3. The smallest absolute Gasteiger partial charge is 0.246 e. The number of nitrogen functional groups attached to an aromatic ring is 1. The van der Waals surface area contributed by atoms with E-state index in [2.05, 4.69) is 25.8 Å². The Balaban J connectivity index is 0.987. The SMILES string of the molecule is Cc1ncsc1-c1ccc(C(C)NC(=O)[C@@H]2C[C@@H](O)CN2C(=O)C(NC(=O)CCCCOc2ccc(-c3cc(-c4ccccc4O)nnc3N)cc2)C(C)(C)C)cc1. The highest BCUT2D eigenvalue weighted by molar-refractivity contribution is 7.13. The number of rotatable bonds is 14. The number of aliphatic hydroxyl groups excluding tert-OH is 1. The number of phenols is 1. The summed E-state index contributed by atoms with van der Waals surface area (Å²) in [5.74, 6) is -0.0357. The van der Waals surface area contributed by atoms with Gasteiger partial charge in [0.05, 0.1) is 40.5 Å². The number of amides is 3. The molecule has 2 unspecified atom stereocenters. The molecule has 13 nitrogen and oxygen atoms in total. The second kappa shape index (κ2) is 18.2. The minimum atomic E-state index is -0.908. The molecule has 0 radical (unpaired) electrons. The maximum atomic E-state index is 14.1. The fraction of sp³-hybridized carbons (Fsp3) is 0.364. The molecule has 1 saturated heterocycles. The number of anilines is 1. The maximum absolute atomic E-state index is 14.1. The molecule has 14 heteroatoms. The van der Waals surface area contributed by atoms with Crippen LogP contribution in [0.5, 0.6) is 11.5 Å². The number of aromatic hydroxyl groups is 1. The Kier molecular flexibility index (Phi) is 13.1. The van der Waals surface area contributed by atoms with Gasteiger partial charge in [0.15, 0.2) is 5.82 Å². The molecule has 6 N–H and O–H groups in total. The number of aryl methyl sites for hydroxylation is 1. The average Bonchev–Trinajstić information content (AvgIpc) is 3.82. The zero-order chi connectivity index (χ0) is 41.6. The van der Waals surface area contributed by atoms with Gasteiger partial charge in [-0.2, -0.15) is 0 Å². The molecule has 3 aromatic carbocycles. The third-order valence-corrected chi connectivity index (χ3v) is 11.3. The van der Waals surface area contributed by atoms with Crippen molar-refractivity contribution in [1.82, 2.24) is 30.7 Å². The van der Waals surface area contributed by atoms with Crippen LogP contribution in [-0.2, 0) is 14.4 Å². The van der Waals surface area contributed by atoms with Gasteiger partial charge in [-0.25, -0.2) is 4.98 Å². The maximum Gasteiger partial charge on any atom is 0.246 e. The first-order valence-electron chi connectivity index (χ1n) is 19.4. The van der Waals surface area contributed by atoms with Gasteiger partial charge in [-0.15, -0.1) is 21.5 Å². The number of carbonyl (C=O) groups is 3. The summed E-state index contributed by atoms with van der Waals surface area (Å²) in [6.07, 6.45) is 0.552. The van der Waals surface area contributed by atoms with E-state index < -0.39 is 29.5 Å². The van der Waals surface area contributed by atoms with Crippen LogP contribution < -0.4 is 21.1 Å². The van der Waals surface area contributed by atoms with E-state index in [0.717, 1.165) is 27.3 Å². The number of para-hydroxylation sites is 1. The molecule has 3 heterocycles. The van der Waals surface area contributed by atoms with Gasteiger partial charge in [-0.3, -0.25) is 14.4 Å². The molecular weight excluding hydrogens is 755 g/mol. The fourth-order valence-corrected chi connectivity index (χ4v) is 7.82. The summed E-state index contributed by atoms with van der Waals surface area (Å²) in [7, 11) is 0. The number of likely N-dealkylation sites (tertiary alicyclic amines) is 1. The van der Waals surface area contributed by atoms with Gasteiger partial charge in [-0.1, -0.05) is 69.3 Å². The van der Waals surface area contributed by atoms with Crippen molar-refractivity contribution in [1.29, 1.82) is 0 Å². The highest BCUT2D eigenvalue weighted by Gasteiger charge is 2.44. The molecule has 6 rings (SSSR count). The number of nitrogens with one attached hydrogen (secondary N) is 2. The Morgan fingerprint density at radius 1 is 0.966 bits per heavy atom. The molecule has 0 saturated carbocycles. The number of β-amino-alcohol motifs (C(OH)–C–C–N with tert-alkyl or cyclic N) is 1. The molecule has 4 atom stereocenters. The van der Waals surface area contributed by atoms with Crippen molar-refractivity contribution in [2.24, 2.45) is 5.41 Å². The number of ether oxygens (including phenoxy) is 1. The molecule has 0 spiro atoms. The summed E-state index contributed by atoms with van der Waals surface area (Å²) < 4.78 is 5.94. The minimum absolute atomic E-state index is 0.00107. The van der Waals surface area contributed by atoms with E-state index in [1.54, 1.807) is 35.6 Å². The number of phenolic OH excluding ortho intramolecular Hbond substituents is 1. The summed E-state index contributed by atoms with van der Waals surface area (Å²) >= 11 is 1.58. The van der Waals surface area contributed by atoms with Gasteiger partial charge in [0, 0.05) is 30.5 Å². The van der Waals surface area contributed by atoms with Crippen LogP contribution in [0, 0.1) is 12.3 Å². The molecule has 0 bridgehead atoms. The van der Waals surface area contributed by atoms with Crippen LogP contribution in [0.2, 0.25) is 0 Å². The lowest BCUT2D eigenvalue weighted by Crippen LogP contribution is -2.57. The molecule has 0 aliphatic carbocycles. The van der Waals surface area contributed by atoms with Crippen LogP contribution in [0.15, 0.2) is 84.4 Å². The lowest BCUT2D eigenvalue weighted by Gasteiger charge is -2.35. The molecule has 5 aromatic rings. The Hall–Kier alpha value is -5.86. The molecular formula is C44H51N7O6S. The van der Waals surface area contributed by atoms with E-state index in [1.807, 2.05) is 94.7 Å². The number of benzene rings is 3. The number of nitrogens with zero attached hydrogens (tertiary/aromatic N) is 4. The molecule has 1 aliphatic heterocycles. The van der Waals surface area contributed by atoms with Gasteiger partial charge in [0.2, 0.25) is 17.7 Å². The van der Waals surface area contributed by atoms with Crippen molar-refractivity contribution in [3.63, 3.8) is 0 Å². The molecule has 58 heavy (non-hydrogen) atoms. The first-order valence-corrected chi connectivity index (χ1v) is 20.3. The highest BCUT2D eigenvalue weighted by Crippen LogP contribution is 2.33. The summed E-state index contributed by atoms with van der Waals surface area (Å²) in [6, 6.07) is 21.9. The third-order valence-electron chi connectivity index (χ3n) is 10.3. The Morgan fingerprint density at radius 2 is 1.67 bits per heavy atom. The predicted molar refractivity (Wildman–Crippen MR) is 225 cm³/mol. The Labute approximate surface area is 342 Å². The first kappa shape index (κ1) is 41.8. The van der Waals surface area contributed by atoms with Crippen LogP contribution in [0.25, 0.3) is 32.8 Å². The van der Waals surface area contributed by atoms with Crippen molar-refractivity contribution in [2.45, 2.75) is 84.5 Å². The first-order chi connectivity index (χ1) is 27.7. The number of hydrogen-bond acceptors (Lipinski definition) is 11.